The van der Waals surface area contributed by atoms with Crippen LogP contribution in [0, 0.1) is 0 Å². The van der Waals surface area contributed by atoms with Crippen molar-refractivity contribution < 1.29 is 31.1 Å². The topological polar surface area (TPSA) is 91.0 Å². The highest BCUT2D eigenvalue weighted by molar-refractivity contribution is 7.87. The lowest BCUT2D eigenvalue weighted by Crippen LogP contribution is -2.53. The van der Waals surface area contributed by atoms with Crippen molar-refractivity contribution >= 4 is 21.9 Å². The Kier molecular flexibility index (Phi) is 5.75. The van der Waals surface area contributed by atoms with Gasteiger partial charge in [-0.3, -0.25) is 0 Å². The molecule has 2 N–H and O–H groups in total. The van der Waals surface area contributed by atoms with E-state index in [1.807, 2.05) is 0 Å². The summed E-state index contributed by atoms with van der Waals surface area (Å²) in [5.74, 6) is -0.392. The summed E-state index contributed by atoms with van der Waals surface area (Å²) in [5.41, 5.74) is 0.296. The Labute approximate surface area is 142 Å². The highest BCUT2D eigenvalue weighted by atomic mass is 32.2. The first-order chi connectivity index (χ1) is 11.6. The number of piperazine rings is 1. The molecule has 1 aliphatic heterocycles. The van der Waals surface area contributed by atoms with Crippen LogP contribution in [0.5, 0.6) is 5.75 Å². The van der Waals surface area contributed by atoms with Gasteiger partial charge in [0.15, 0.2) is 0 Å². The molecule has 1 saturated heterocycles. The molecule has 1 aromatic rings. The van der Waals surface area contributed by atoms with Gasteiger partial charge in [0.2, 0.25) is 0 Å². The Morgan fingerprint density at radius 1 is 1.12 bits per heavy atom. The number of urea groups is 1. The minimum atomic E-state index is -4.78. The van der Waals surface area contributed by atoms with Crippen LogP contribution in [0.25, 0.3) is 0 Å². The molecule has 1 heterocycles. The van der Waals surface area contributed by atoms with Gasteiger partial charge >= 0.3 is 12.4 Å². The number of benzene rings is 1. The van der Waals surface area contributed by atoms with Crippen LogP contribution in [-0.2, 0) is 10.2 Å². The highest BCUT2D eigenvalue weighted by Gasteiger charge is 2.31. The van der Waals surface area contributed by atoms with Crippen LogP contribution in [0.2, 0.25) is 0 Å². The van der Waals surface area contributed by atoms with Gasteiger partial charge in [-0.2, -0.15) is 12.7 Å². The number of ether oxygens (including phenoxy) is 1. The Bertz CT molecular complexity index is 701. The van der Waals surface area contributed by atoms with Crippen molar-refractivity contribution in [3.8, 4) is 5.75 Å². The van der Waals surface area contributed by atoms with E-state index in [0.29, 0.717) is 5.69 Å². The van der Waals surface area contributed by atoms with Crippen molar-refractivity contribution in [1.29, 1.82) is 0 Å². The van der Waals surface area contributed by atoms with E-state index in [4.69, 9.17) is 0 Å². The second-order valence-electron chi connectivity index (χ2n) is 5.10. The SMILES string of the molecule is CNS(=O)(=O)N1CCN(C(=O)Nc2ccc(OC(F)(F)F)cc2)CC1. The van der Waals surface area contributed by atoms with Crippen LogP contribution < -0.4 is 14.8 Å². The van der Waals surface area contributed by atoms with Crippen LogP contribution in [0.1, 0.15) is 0 Å². The van der Waals surface area contributed by atoms with Crippen molar-refractivity contribution in [2.75, 3.05) is 38.5 Å². The predicted molar refractivity (Wildman–Crippen MR) is 83.3 cm³/mol. The van der Waals surface area contributed by atoms with Gasteiger partial charge in [-0.05, 0) is 24.3 Å². The fourth-order valence-electron chi connectivity index (χ4n) is 2.20. The van der Waals surface area contributed by atoms with Gasteiger partial charge in [-0.25, -0.2) is 9.52 Å². The molecular formula is C13H17F3N4O4S. The van der Waals surface area contributed by atoms with Gasteiger partial charge in [0, 0.05) is 38.9 Å². The number of nitrogens with one attached hydrogen (secondary N) is 2. The second-order valence-corrected chi connectivity index (χ2v) is 6.97. The first-order valence-corrected chi connectivity index (χ1v) is 8.65. The van der Waals surface area contributed by atoms with Crippen molar-refractivity contribution in [3.05, 3.63) is 24.3 Å². The third-order valence-electron chi connectivity index (χ3n) is 3.46. The van der Waals surface area contributed by atoms with E-state index in [2.05, 4.69) is 14.8 Å². The molecule has 0 aliphatic carbocycles. The Balaban J connectivity index is 1.89. The number of carbonyl (C=O) groups excluding carboxylic acids is 1. The van der Waals surface area contributed by atoms with Gasteiger partial charge < -0.3 is 15.0 Å². The van der Waals surface area contributed by atoms with E-state index < -0.39 is 28.4 Å². The molecule has 25 heavy (non-hydrogen) atoms. The van der Waals surface area contributed by atoms with E-state index in [1.165, 1.54) is 28.4 Å². The lowest BCUT2D eigenvalue weighted by molar-refractivity contribution is -0.274. The zero-order valence-electron chi connectivity index (χ0n) is 13.2. The van der Waals surface area contributed by atoms with Gasteiger partial charge in [0.25, 0.3) is 10.2 Å². The maximum absolute atomic E-state index is 12.1. The number of nitrogens with zero attached hydrogens (tertiary/aromatic N) is 2. The average molecular weight is 382 g/mol. The van der Waals surface area contributed by atoms with E-state index in [0.717, 1.165) is 12.1 Å². The quantitative estimate of drug-likeness (QED) is 0.819. The fraction of sp³-hybridized carbons (Fsp3) is 0.462. The molecule has 0 saturated carbocycles. The lowest BCUT2D eigenvalue weighted by atomic mass is 10.3. The Morgan fingerprint density at radius 3 is 2.16 bits per heavy atom. The van der Waals surface area contributed by atoms with E-state index >= 15 is 0 Å². The van der Waals surface area contributed by atoms with Gasteiger partial charge in [-0.15, -0.1) is 13.2 Å². The molecule has 0 aromatic heterocycles. The molecule has 0 unspecified atom stereocenters. The summed E-state index contributed by atoms with van der Waals surface area (Å²) in [7, 11) is -2.22. The van der Waals surface area contributed by atoms with Gasteiger partial charge in [0.1, 0.15) is 5.75 Å². The largest absolute Gasteiger partial charge is 0.573 e. The monoisotopic (exact) mass is 382 g/mol. The predicted octanol–water partition coefficient (Wildman–Crippen LogP) is 1.20. The number of alkyl halides is 3. The van der Waals surface area contributed by atoms with Gasteiger partial charge in [0.05, 0.1) is 0 Å². The molecular weight excluding hydrogens is 365 g/mol. The number of rotatable bonds is 4. The summed E-state index contributed by atoms with van der Waals surface area (Å²) in [6.07, 6.45) is -4.78. The number of carbonyl (C=O) groups is 1. The molecule has 1 aliphatic rings. The molecule has 12 heteroatoms. The van der Waals surface area contributed by atoms with Crippen molar-refractivity contribution in [3.63, 3.8) is 0 Å². The Morgan fingerprint density at radius 2 is 1.68 bits per heavy atom. The molecule has 2 amide bonds. The summed E-state index contributed by atoms with van der Waals surface area (Å²) in [6.45, 7) is 0.688. The molecule has 0 radical (unpaired) electrons. The van der Waals surface area contributed by atoms with Crippen molar-refractivity contribution in [1.82, 2.24) is 13.9 Å². The number of anilines is 1. The lowest BCUT2D eigenvalue weighted by Gasteiger charge is -2.33. The average Bonchev–Trinajstić information content (AvgIpc) is 2.55. The summed E-state index contributed by atoms with van der Waals surface area (Å²) < 4.78 is 66.7. The van der Waals surface area contributed by atoms with Gasteiger partial charge in [-0.1, -0.05) is 0 Å². The van der Waals surface area contributed by atoms with Crippen LogP contribution in [0.15, 0.2) is 24.3 Å². The molecule has 140 valence electrons. The third kappa shape index (κ3) is 5.47. The minimum absolute atomic E-state index is 0.148. The Hall–Kier alpha value is -2.05. The van der Waals surface area contributed by atoms with Crippen molar-refractivity contribution in [2.24, 2.45) is 0 Å². The van der Waals surface area contributed by atoms with Crippen LogP contribution in [0.3, 0.4) is 0 Å². The van der Waals surface area contributed by atoms with Crippen molar-refractivity contribution in [2.45, 2.75) is 6.36 Å². The molecule has 0 spiro atoms. The van der Waals surface area contributed by atoms with Crippen LogP contribution >= 0.6 is 0 Å². The molecule has 0 atom stereocenters. The standard InChI is InChI=1S/C13H17F3N4O4S/c1-17-25(22,23)20-8-6-19(7-9-20)12(21)18-10-2-4-11(5-3-10)24-13(14,15)16/h2-5,17H,6-9H2,1H3,(H,18,21). The number of amides is 2. The number of hydrogen-bond donors (Lipinski definition) is 2. The normalized spacial score (nSPS) is 16.6. The molecule has 2 rings (SSSR count). The molecule has 1 aromatic carbocycles. The highest BCUT2D eigenvalue weighted by Crippen LogP contribution is 2.24. The van der Waals surface area contributed by atoms with E-state index in [1.54, 1.807) is 0 Å². The van der Waals surface area contributed by atoms with E-state index in [9.17, 15) is 26.4 Å². The smallest absolute Gasteiger partial charge is 0.406 e. The van der Waals surface area contributed by atoms with Crippen LogP contribution in [-0.4, -0.2) is 63.2 Å². The summed E-state index contributed by atoms with van der Waals surface area (Å²) >= 11 is 0. The minimum Gasteiger partial charge on any atom is -0.406 e. The summed E-state index contributed by atoms with van der Waals surface area (Å²) in [6, 6.07) is 4.26. The molecule has 1 fully saturated rings. The fourth-order valence-corrected chi connectivity index (χ4v) is 3.11. The maximum atomic E-state index is 12.1. The second kappa shape index (κ2) is 7.45. The zero-order chi connectivity index (χ0) is 18.7. The zero-order valence-corrected chi connectivity index (χ0v) is 14.0. The summed E-state index contributed by atoms with van der Waals surface area (Å²) in [5, 5.41) is 2.54. The first-order valence-electron chi connectivity index (χ1n) is 7.21. The molecule has 0 bridgehead atoms. The van der Waals surface area contributed by atoms with E-state index in [-0.39, 0.29) is 26.2 Å². The number of hydrogen-bond acceptors (Lipinski definition) is 4. The molecule has 8 nitrogen and oxygen atoms in total. The van der Waals surface area contributed by atoms with Crippen LogP contribution in [0.4, 0.5) is 23.7 Å². The maximum Gasteiger partial charge on any atom is 0.573 e. The number of halogens is 3. The first kappa shape index (κ1) is 19.3. The summed E-state index contributed by atoms with van der Waals surface area (Å²) in [4.78, 5) is 13.5. The third-order valence-corrected chi connectivity index (χ3v) is 5.02.